The predicted octanol–water partition coefficient (Wildman–Crippen LogP) is 2.98. The second-order valence-electron chi connectivity index (χ2n) is 6.34. The number of aromatic nitrogens is 1. The minimum Gasteiger partial charge on any atom is -0.327 e. The number of aliphatic imine (C=N–C) groups is 2. The van der Waals surface area contributed by atoms with Gasteiger partial charge in [-0.3, -0.25) is 4.79 Å². The number of rotatable bonds is 3. The molecule has 26 heavy (non-hydrogen) atoms. The van der Waals surface area contributed by atoms with Crippen molar-refractivity contribution in [3.63, 3.8) is 0 Å². The molecule has 2 aliphatic heterocycles. The van der Waals surface area contributed by atoms with Crippen LogP contribution in [-0.4, -0.2) is 31.2 Å². The number of dihydropyridines is 1. The molecule has 1 aromatic heterocycles. The third-order valence-electron chi connectivity index (χ3n) is 4.54. The van der Waals surface area contributed by atoms with E-state index in [0.717, 1.165) is 11.1 Å². The molecule has 0 saturated carbocycles. The van der Waals surface area contributed by atoms with E-state index in [4.69, 9.17) is 0 Å². The molecule has 0 radical (unpaired) electrons. The summed E-state index contributed by atoms with van der Waals surface area (Å²) in [7, 11) is -3.32. The summed E-state index contributed by atoms with van der Waals surface area (Å²) in [5, 5.41) is 0. The van der Waals surface area contributed by atoms with Crippen molar-refractivity contribution in [2.24, 2.45) is 15.9 Å². The van der Waals surface area contributed by atoms with Crippen LogP contribution in [0.25, 0.3) is 16.7 Å². The second-order valence-corrected chi connectivity index (χ2v) is 8.62. The summed E-state index contributed by atoms with van der Waals surface area (Å²) in [5.74, 6) is 0.687. The van der Waals surface area contributed by atoms with E-state index in [1.807, 2.05) is 19.1 Å². The van der Waals surface area contributed by atoms with Crippen LogP contribution in [-0.2, 0) is 9.84 Å². The van der Waals surface area contributed by atoms with Gasteiger partial charge >= 0.3 is 0 Å². The molecule has 1 N–H and O–H groups in total. The van der Waals surface area contributed by atoms with Gasteiger partial charge in [-0.2, -0.15) is 0 Å². The Kier molecular flexibility index (Phi) is 3.77. The van der Waals surface area contributed by atoms with Crippen LogP contribution in [0, 0.1) is 5.92 Å². The third kappa shape index (κ3) is 2.55. The predicted molar refractivity (Wildman–Crippen MR) is 103 cm³/mol. The first kappa shape index (κ1) is 16.7. The molecule has 0 spiro atoms. The highest BCUT2D eigenvalue weighted by molar-refractivity contribution is 7.91. The van der Waals surface area contributed by atoms with Gasteiger partial charge in [-0.25, -0.2) is 18.4 Å². The molecule has 0 aliphatic carbocycles. The Morgan fingerprint density at radius 3 is 2.85 bits per heavy atom. The second kappa shape index (κ2) is 5.88. The quantitative estimate of drug-likeness (QED) is 0.904. The van der Waals surface area contributed by atoms with Gasteiger partial charge in [0.15, 0.2) is 15.7 Å². The molecule has 2 aromatic rings. The van der Waals surface area contributed by atoms with E-state index in [1.54, 1.807) is 37.5 Å². The third-order valence-corrected chi connectivity index (χ3v) is 6.27. The van der Waals surface area contributed by atoms with Crippen LogP contribution in [0.3, 0.4) is 0 Å². The van der Waals surface area contributed by atoms with Crippen molar-refractivity contribution >= 4 is 33.1 Å². The molecule has 4 rings (SSSR count). The highest BCUT2D eigenvalue weighted by Gasteiger charge is 2.29. The zero-order valence-corrected chi connectivity index (χ0v) is 15.2. The van der Waals surface area contributed by atoms with E-state index in [-0.39, 0.29) is 22.1 Å². The van der Waals surface area contributed by atoms with Crippen molar-refractivity contribution in [1.82, 2.24) is 4.98 Å². The zero-order valence-electron chi connectivity index (χ0n) is 14.4. The molecule has 0 saturated heterocycles. The van der Waals surface area contributed by atoms with Crippen molar-refractivity contribution in [2.75, 3.05) is 5.75 Å². The first-order valence-corrected chi connectivity index (χ1v) is 10.0. The van der Waals surface area contributed by atoms with Gasteiger partial charge in [0.25, 0.3) is 5.56 Å². The Hall–Kier alpha value is -2.80. The summed E-state index contributed by atoms with van der Waals surface area (Å²) < 4.78 is 24.5. The number of pyridine rings is 1. The molecule has 6 nitrogen and oxygen atoms in total. The number of nitrogens with one attached hydrogen (secondary N) is 1. The average molecular weight is 367 g/mol. The summed E-state index contributed by atoms with van der Waals surface area (Å²) >= 11 is 0. The first-order chi connectivity index (χ1) is 12.4. The summed E-state index contributed by atoms with van der Waals surface area (Å²) in [6.07, 6.45) is 5.42. The fraction of sp³-hybridized carbons (Fsp3) is 0.211. The smallest absolute Gasteiger partial charge is 0.274 e. The zero-order chi connectivity index (χ0) is 18.5. The average Bonchev–Trinajstić information content (AvgIpc) is 3.02. The van der Waals surface area contributed by atoms with Crippen LogP contribution in [0.1, 0.15) is 19.4 Å². The van der Waals surface area contributed by atoms with Crippen LogP contribution >= 0.6 is 0 Å². The van der Waals surface area contributed by atoms with E-state index in [9.17, 15) is 13.2 Å². The van der Waals surface area contributed by atoms with E-state index >= 15 is 0 Å². The standard InChI is InChI=1S/C19H17N3O3S/c1-3-26(24,25)13-6-4-5-12(8-13)15-10-21-19(23)17-16(15)14-7-11(2)9-20-18(14)22-17/h4-11H,3H2,1-2H3,(H,21,23). The number of benzene rings is 1. The number of hydrogen-bond donors (Lipinski definition) is 1. The maximum Gasteiger partial charge on any atom is 0.274 e. The monoisotopic (exact) mass is 367 g/mol. The van der Waals surface area contributed by atoms with Crippen molar-refractivity contribution in [3.8, 4) is 11.1 Å². The Labute approximate surface area is 151 Å². The lowest BCUT2D eigenvalue weighted by atomic mass is 9.93. The number of nitrogens with zero attached hydrogens (tertiary/aromatic N) is 2. The molecular weight excluding hydrogens is 350 g/mol. The molecule has 132 valence electrons. The summed E-state index contributed by atoms with van der Waals surface area (Å²) in [6.45, 7) is 3.62. The normalized spacial score (nSPS) is 18.2. The number of fused-ring (bicyclic) bond motifs is 3. The Bertz CT molecular complexity index is 1170. The minimum atomic E-state index is -3.32. The number of allylic oxidation sites excluding steroid dienone is 1. The lowest BCUT2D eigenvalue weighted by Gasteiger charge is -2.13. The Morgan fingerprint density at radius 2 is 2.08 bits per heavy atom. The van der Waals surface area contributed by atoms with E-state index in [2.05, 4.69) is 15.0 Å². The molecule has 1 aromatic carbocycles. The SMILES string of the molecule is CCS(=O)(=O)c1cccc(-c2c[nH]c(=O)c3c2C2=CC(C)C=NC2=N3)c1. The Morgan fingerprint density at radius 1 is 1.27 bits per heavy atom. The lowest BCUT2D eigenvalue weighted by Crippen LogP contribution is -2.09. The van der Waals surface area contributed by atoms with Gasteiger partial charge in [-0.05, 0) is 17.7 Å². The number of sulfone groups is 1. The molecule has 2 aliphatic rings. The van der Waals surface area contributed by atoms with Gasteiger partial charge in [0, 0.05) is 35.0 Å². The molecule has 7 heteroatoms. The van der Waals surface area contributed by atoms with E-state index in [1.165, 1.54) is 0 Å². The number of amidine groups is 1. The molecule has 0 fully saturated rings. The molecular formula is C19H17N3O3S. The summed E-state index contributed by atoms with van der Waals surface area (Å²) in [6, 6.07) is 6.77. The molecule has 3 heterocycles. The summed E-state index contributed by atoms with van der Waals surface area (Å²) in [4.78, 5) is 23.9. The van der Waals surface area contributed by atoms with Crippen LogP contribution in [0.4, 0.5) is 5.69 Å². The minimum absolute atomic E-state index is 0.0326. The van der Waals surface area contributed by atoms with E-state index in [0.29, 0.717) is 22.6 Å². The summed E-state index contributed by atoms with van der Waals surface area (Å²) in [5.41, 5.74) is 3.01. The number of H-pyrrole nitrogens is 1. The maximum atomic E-state index is 12.3. The largest absolute Gasteiger partial charge is 0.327 e. The first-order valence-electron chi connectivity index (χ1n) is 8.35. The van der Waals surface area contributed by atoms with E-state index < -0.39 is 9.84 Å². The van der Waals surface area contributed by atoms with Crippen molar-refractivity contribution < 1.29 is 8.42 Å². The van der Waals surface area contributed by atoms with Crippen molar-refractivity contribution in [3.05, 3.63) is 52.5 Å². The van der Waals surface area contributed by atoms with Gasteiger partial charge in [-0.1, -0.05) is 32.1 Å². The van der Waals surface area contributed by atoms with Gasteiger partial charge < -0.3 is 4.98 Å². The fourth-order valence-corrected chi connectivity index (χ4v) is 4.10. The lowest BCUT2D eigenvalue weighted by molar-refractivity contribution is 0.597. The van der Waals surface area contributed by atoms with Gasteiger partial charge in [0.05, 0.1) is 10.6 Å². The molecule has 1 atom stereocenters. The van der Waals surface area contributed by atoms with Crippen LogP contribution in [0.15, 0.2) is 56.2 Å². The molecule has 0 amide bonds. The maximum absolute atomic E-state index is 12.3. The molecule has 1 unspecified atom stereocenters. The number of hydrogen-bond acceptors (Lipinski definition) is 5. The van der Waals surface area contributed by atoms with Gasteiger partial charge in [0.1, 0.15) is 5.69 Å². The molecule has 0 bridgehead atoms. The fourth-order valence-electron chi connectivity index (χ4n) is 3.18. The van der Waals surface area contributed by atoms with Gasteiger partial charge in [-0.15, -0.1) is 0 Å². The van der Waals surface area contributed by atoms with Crippen molar-refractivity contribution in [2.45, 2.75) is 18.7 Å². The van der Waals surface area contributed by atoms with Crippen LogP contribution in [0.2, 0.25) is 0 Å². The topological polar surface area (TPSA) is 91.7 Å². The number of aromatic amines is 1. The van der Waals surface area contributed by atoms with Crippen LogP contribution < -0.4 is 5.56 Å². The Balaban J connectivity index is 1.95. The highest BCUT2D eigenvalue weighted by atomic mass is 32.2. The van der Waals surface area contributed by atoms with Crippen molar-refractivity contribution in [1.29, 1.82) is 0 Å². The van der Waals surface area contributed by atoms with Gasteiger partial charge in [0.2, 0.25) is 0 Å². The highest BCUT2D eigenvalue weighted by Crippen LogP contribution is 2.41. The van der Waals surface area contributed by atoms with Crippen LogP contribution in [0.5, 0.6) is 0 Å².